The predicted molar refractivity (Wildman–Crippen MR) is 122 cm³/mol. The molecule has 4 rings (SSSR count). The number of nitrogens with zero attached hydrogens (tertiary/aromatic N) is 2. The fraction of sp³-hybridized carbons (Fsp3) is 0.160. The van der Waals surface area contributed by atoms with Crippen LogP contribution in [0.4, 0.5) is 0 Å². The molecule has 0 aliphatic rings. The Morgan fingerprint density at radius 1 is 1.00 bits per heavy atom. The van der Waals surface area contributed by atoms with E-state index in [9.17, 15) is 0 Å². The third-order valence-corrected chi connectivity index (χ3v) is 5.39. The minimum Gasteiger partial charge on any atom is -0.338 e. The van der Waals surface area contributed by atoms with Crippen molar-refractivity contribution in [3.63, 3.8) is 0 Å². The van der Waals surface area contributed by atoms with Crippen molar-refractivity contribution in [2.45, 2.75) is 27.3 Å². The number of halogens is 1. The summed E-state index contributed by atoms with van der Waals surface area (Å²) in [5, 5.41) is 1.28. The van der Waals surface area contributed by atoms with Crippen LogP contribution < -0.4 is 0 Å². The lowest BCUT2D eigenvalue weighted by Gasteiger charge is -2.12. The fourth-order valence-electron chi connectivity index (χ4n) is 3.77. The van der Waals surface area contributed by atoms with E-state index in [0.29, 0.717) is 0 Å². The number of hydrogen-bond donors (Lipinski definition) is 0. The Labute approximate surface area is 173 Å². The van der Waals surface area contributed by atoms with Gasteiger partial charge in [0.1, 0.15) is 0 Å². The molecule has 2 aromatic heterocycles. The Balaban J connectivity index is 0.00000225. The van der Waals surface area contributed by atoms with Crippen molar-refractivity contribution in [3.8, 4) is 11.3 Å². The van der Waals surface area contributed by atoms with Crippen molar-refractivity contribution in [2.24, 2.45) is 0 Å². The van der Waals surface area contributed by atoms with Crippen molar-refractivity contribution < 1.29 is 0 Å². The molecule has 142 valence electrons. The van der Waals surface area contributed by atoms with Crippen LogP contribution in [0.15, 0.2) is 67.4 Å². The normalized spacial score (nSPS) is 10.7. The Morgan fingerprint density at radius 2 is 1.75 bits per heavy atom. The fourth-order valence-corrected chi connectivity index (χ4v) is 3.77. The van der Waals surface area contributed by atoms with Crippen LogP contribution in [-0.4, -0.2) is 9.55 Å². The topological polar surface area (TPSA) is 17.8 Å². The van der Waals surface area contributed by atoms with Gasteiger partial charge in [-0.15, -0.1) is 12.4 Å². The third-order valence-electron chi connectivity index (χ3n) is 5.39. The van der Waals surface area contributed by atoms with E-state index in [0.717, 1.165) is 23.4 Å². The largest absolute Gasteiger partial charge is 0.338 e. The highest BCUT2D eigenvalue weighted by molar-refractivity contribution is 5.95. The van der Waals surface area contributed by atoms with Crippen molar-refractivity contribution >= 4 is 29.4 Å². The molecule has 0 unspecified atom stereocenters. The van der Waals surface area contributed by atoms with Gasteiger partial charge in [-0.25, -0.2) is 0 Å². The van der Waals surface area contributed by atoms with Crippen molar-refractivity contribution in [2.75, 3.05) is 0 Å². The van der Waals surface area contributed by atoms with Gasteiger partial charge in [0.05, 0.1) is 11.2 Å². The molecule has 0 fully saturated rings. The standard InChI is InChI=1S/C25H24N2.ClH/c1-5-20-9-11-22(12-10-20)24-25-23(13-14-26-24)18(3)19(4)27(25)16-21-8-6-7-17(2)15-21;/h5-15H,1,16H2,2-4H3;1H. The molecule has 0 radical (unpaired) electrons. The number of benzene rings is 2. The van der Waals surface area contributed by atoms with E-state index in [1.165, 1.54) is 33.3 Å². The zero-order valence-electron chi connectivity index (χ0n) is 16.6. The van der Waals surface area contributed by atoms with E-state index >= 15 is 0 Å². The van der Waals surface area contributed by atoms with E-state index in [2.05, 4.69) is 86.5 Å². The molecule has 28 heavy (non-hydrogen) atoms. The Hall–Kier alpha value is -2.84. The highest BCUT2D eigenvalue weighted by atomic mass is 35.5. The van der Waals surface area contributed by atoms with Gasteiger partial charge in [0.25, 0.3) is 0 Å². The van der Waals surface area contributed by atoms with Crippen LogP contribution in [0.3, 0.4) is 0 Å². The summed E-state index contributed by atoms with van der Waals surface area (Å²) in [5.74, 6) is 0. The third kappa shape index (κ3) is 3.48. The number of pyridine rings is 1. The molecule has 0 aliphatic heterocycles. The molecule has 4 aromatic rings. The second kappa shape index (κ2) is 8.04. The summed E-state index contributed by atoms with van der Waals surface area (Å²) in [6, 6.07) is 19.3. The second-order valence-corrected chi connectivity index (χ2v) is 7.17. The number of rotatable bonds is 4. The Bertz CT molecular complexity index is 1140. The first kappa shape index (κ1) is 19.9. The van der Waals surface area contributed by atoms with Gasteiger partial charge in [-0.05, 0) is 43.5 Å². The summed E-state index contributed by atoms with van der Waals surface area (Å²) >= 11 is 0. The molecule has 0 atom stereocenters. The predicted octanol–water partition coefficient (Wildman–Crippen LogP) is 6.74. The van der Waals surface area contributed by atoms with Gasteiger partial charge in [0.15, 0.2) is 0 Å². The van der Waals surface area contributed by atoms with Gasteiger partial charge in [-0.1, -0.05) is 66.7 Å². The molecular weight excluding hydrogens is 364 g/mol. The highest BCUT2D eigenvalue weighted by Gasteiger charge is 2.16. The maximum atomic E-state index is 4.76. The number of fused-ring (bicyclic) bond motifs is 1. The molecule has 0 aliphatic carbocycles. The smallest absolute Gasteiger partial charge is 0.0945 e. The maximum Gasteiger partial charge on any atom is 0.0945 e. The second-order valence-electron chi connectivity index (χ2n) is 7.17. The zero-order chi connectivity index (χ0) is 19.0. The van der Waals surface area contributed by atoms with E-state index in [4.69, 9.17) is 4.98 Å². The lowest BCUT2D eigenvalue weighted by molar-refractivity contribution is 0.799. The van der Waals surface area contributed by atoms with Crippen LogP contribution >= 0.6 is 12.4 Å². The molecule has 0 bridgehead atoms. The molecule has 0 amide bonds. The Morgan fingerprint density at radius 3 is 2.43 bits per heavy atom. The van der Waals surface area contributed by atoms with Gasteiger partial charge in [-0.2, -0.15) is 0 Å². The van der Waals surface area contributed by atoms with Crippen LogP contribution in [0.2, 0.25) is 0 Å². The van der Waals surface area contributed by atoms with Crippen LogP contribution in [0.1, 0.15) is 27.9 Å². The van der Waals surface area contributed by atoms with E-state index in [1.54, 1.807) is 0 Å². The van der Waals surface area contributed by atoms with E-state index in [1.807, 2.05) is 12.3 Å². The number of aryl methyl sites for hydroxylation is 2. The summed E-state index contributed by atoms with van der Waals surface area (Å²) < 4.78 is 2.41. The summed E-state index contributed by atoms with van der Waals surface area (Å²) in [7, 11) is 0. The van der Waals surface area contributed by atoms with Gasteiger partial charge in [0.2, 0.25) is 0 Å². The van der Waals surface area contributed by atoms with Crippen LogP contribution in [-0.2, 0) is 6.54 Å². The van der Waals surface area contributed by atoms with Gasteiger partial charge in [0, 0.05) is 29.4 Å². The minimum absolute atomic E-state index is 0. The Kier molecular flexibility index (Phi) is 5.71. The molecule has 2 aromatic carbocycles. The lowest BCUT2D eigenvalue weighted by atomic mass is 10.1. The van der Waals surface area contributed by atoms with Crippen LogP contribution in [0.5, 0.6) is 0 Å². The van der Waals surface area contributed by atoms with Gasteiger partial charge in [-0.3, -0.25) is 4.98 Å². The lowest BCUT2D eigenvalue weighted by Crippen LogP contribution is -2.03. The quantitative estimate of drug-likeness (QED) is 0.378. The van der Waals surface area contributed by atoms with Gasteiger partial charge < -0.3 is 4.57 Å². The molecule has 2 nitrogen and oxygen atoms in total. The van der Waals surface area contributed by atoms with Crippen molar-refractivity contribution in [1.82, 2.24) is 9.55 Å². The minimum atomic E-state index is 0. The first-order valence-corrected chi connectivity index (χ1v) is 9.31. The summed E-state index contributed by atoms with van der Waals surface area (Å²) in [4.78, 5) is 4.76. The number of hydrogen-bond acceptors (Lipinski definition) is 1. The average molecular weight is 389 g/mol. The molecular formula is C25H25ClN2. The first-order valence-electron chi connectivity index (χ1n) is 9.31. The maximum absolute atomic E-state index is 4.76. The van der Waals surface area contributed by atoms with Crippen molar-refractivity contribution in [3.05, 3.63) is 95.3 Å². The van der Waals surface area contributed by atoms with Gasteiger partial charge >= 0.3 is 0 Å². The van der Waals surface area contributed by atoms with E-state index in [-0.39, 0.29) is 12.4 Å². The zero-order valence-corrected chi connectivity index (χ0v) is 17.4. The monoisotopic (exact) mass is 388 g/mol. The summed E-state index contributed by atoms with van der Waals surface area (Å²) in [6.45, 7) is 11.2. The van der Waals surface area contributed by atoms with E-state index < -0.39 is 0 Å². The van der Waals surface area contributed by atoms with Crippen LogP contribution in [0.25, 0.3) is 28.2 Å². The first-order chi connectivity index (χ1) is 13.1. The van der Waals surface area contributed by atoms with Crippen LogP contribution in [0, 0.1) is 20.8 Å². The molecule has 0 N–H and O–H groups in total. The summed E-state index contributed by atoms with van der Waals surface area (Å²) in [6.07, 6.45) is 3.79. The molecule has 2 heterocycles. The average Bonchev–Trinajstić information content (AvgIpc) is 2.93. The summed E-state index contributed by atoms with van der Waals surface area (Å²) in [5.41, 5.74) is 9.71. The molecule has 3 heteroatoms. The highest BCUT2D eigenvalue weighted by Crippen LogP contribution is 2.33. The molecule has 0 saturated carbocycles. The van der Waals surface area contributed by atoms with Crippen molar-refractivity contribution in [1.29, 1.82) is 0 Å². The molecule has 0 saturated heterocycles. The molecule has 0 spiro atoms. The SMILES string of the molecule is C=Cc1ccc(-c2nccc3c(C)c(C)n(Cc4cccc(C)c4)c23)cc1.Cl. The number of aromatic nitrogens is 2.